The summed E-state index contributed by atoms with van der Waals surface area (Å²) in [5.41, 5.74) is 16.3. The van der Waals surface area contributed by atoms with Gasteiger partial charge in [0.05, 0.1) is 15.2 Å². The maximum atomic E-state index is 14.3. The monoisotopic (exact) mass is 837 g/mol. The predicted molar refractivity (Wildman–Crippen MR) is 254 cm³/mol. The number of hydrogen-bond donors (Lipinski definition) is 0. The van der Waals surface area contributed by atoms with Gasteiger partial charge in [-0.25, -0.2) is 23.4 Å². The summed E-state index contributed by atoms with van der Waals surface area (Å²) >= 11 is 0. The summed E-state index contributed by atoms with van der Waals surface area (Å²) in [5.74, 6) is 1.72. The Balaban J connectivity index is 1.11. The van der Waals surface area contributed by atoms with Gasteiger partial charge in [0.1, 0.15) is 0 Å². The van der Waals surface area contributed by atoms with Crippen LogP contribution < -0.4 is 0 Å². The van der Waals surface area contributed by atoms with Crippen molar-refractivity contribution in [1.29, 1.82) is 0 Å². The molecule has 0 saturated carbocycles. The van der Waals surface area contributed by atoms with Crippen LogP contribution >= 0.6 is 0 Å². The maximum absolute atomic E-state index is 14.3. The molecule has 13 rings (SSSR count). The van der Waals surface area contributed by atoms with E-state index in [-0.39, 0.29) is 0 Å². The van der Waals surface area contributed by atoms with Crippen LogP contribution in [0.1, 0.15) is 22.3 Å². The van der Waals surface area contributed by atoms with Gasteiger partial charge in [0, 0.05) is 27.8 Å². The fraction of sp³-hybridized carbons (Fsp3) is 0.0172. The van der Waals surface area contributed by atoms with Gasteiger partial charge in [0.25, 0.3) is 0 Å². The molecule has 0 radical (unpaired) electrons. The zero-order chi connectivity index (χ0) is 42.6. The molecule has 1 unspecified atom stereocenters. The fourth-order valence-corrected chi connectivity index (χ4v) is 12.3. The molecule has 0 N–H and O–H groups in total. The second kappa shape index (κ2) is 13.7. The number of nitrogens with zero attached hydrogens (tertiary/aromatic N) is 3. The van der Waals surface area contributed by atoms with E-state index in [4.69, 9.17) is 15.0 Å². The highest BCUT2D eigenvalue weighted by atomic mass is 32.2. The minimum Gasteiger partial charge on any atom is -0.218 e. The third-order valence-electron chi connectivity index (χ3n) is 13.3. The van der Waals surface area contributed by atoms with Gasteiger partial charge in [0.15, 0.2) is 17.5 Å². The third-order valence-corrected chi connectivity index (χ3v) is 15.2. The summed E-state index contributed by atoms with van der Waals surface area (Å²) in [5, 5.41) is 0. The van der Waals surface area contributed by atoms with Gasteiger partial charge < -0.3 is 0 Å². The Morgan fingerprint density at radius 3 is 1.42 bits per heavy atom. The molecular weight excluding hydrogens is 803 g/mol. The molecule has 0 saturated heterocycles. The van der Waals surface area contributed by atoms with Crippen LogP contribution in [-0.2, 0) is 15.3 Å². The van der Waals surface area contributed by atoms with Gasteiger partial charge in [-0.05, 0) is 85.0 Å². The number of fused-ring (bicyclic) bond motifs is 16. The molecule has 1 atom stereocenters. The van der Waals surface area contributed by atoms with Crippen molar-refractivity contribution in [2.45, 2.75) is 15.2 Å². The van der Waals surface area contributed by atoms with Gasteiger partial charge in [0.2, 0.25) is 9.84 Å². The van der Waals surface area contributed by atoms with Crippen LogP contribution in [0.5, 0.6) is 0 Å². The first kappa shape index (κ1) is 36.6. The van der Waals surface area contributed by atoms with Crippen LogP contribution in [-0.4, -0.2) is 23.4 Å². The van der Waals surface area contributed by atoms with Gasteiger partial charge in [-0.1, -0.05) is 194 Å². The summed E-state index contributed by atoms with van der Waals surface area (Å²) < 4.78 is 28.6. The second-order valence-corrected chi connectivity index (χ2v) is 18.5. The molecule has 2 heterocycles. The molecule has 9 aromatic carbocycles. The highest BCUT2D eigenvalue weighted by Gasteiger charge is 2.52. The summed E-state index contributed by atoms with van der Waals surface area (Å²) in [6.45, 7) is 0. The van der Waals surface area contributed by atoms with Crippen molar-refractivity contribution in [1.82, 2.24) is 15.0 Å². The summed E-state index contributed by atoms with van der Waals surface area (Å²) in [6.07, 6.45) is 0. The fourth-order valence-electron chi connectivity index (χ4n) is 10.6. The Morgan fingerprint density at radius 2 is 0.750 bits per heavy atom. The highest BCUT2D eigenvalue weighted by molar-refractivity contribution is 7.92. The van der Waals surface area contributed by atoms with E-state index in [0.29, 0.717) is 27.3 Å². The lowest BCUT2D eigenvalue weighted by atomic mass is 9.65. The molecule has 0 fully saturated rings. The SMILES string of the molecule is O=S1(=O)c2ccccc2-c2c1ccc1c2-c2ccccc2C12c1ccccc1-c1ccccc1-c1ccc(-c3nc(-c4ccccc4)nc(-c4ccc(-c5ccccc5)cc4)n3)cc12. The van der Waals surface area contributed by atoms with Crippen molar-refractivity contribution in [2.75, 3.05) is 0 Å². The van der Waals surface area contributed by atoms with Crippen LogP contribution in [0, 0.1) is 0 Å². The molecule has 5 nitrogen and oxygen atoms in total. The van der Waals surface area contributed by atoms with E-state index >= 15 is 0 Å². The Labute approximate surface area is 371 Å². The molecule has 300 valence electrons. The van der Waals surface area contributed by atoms with E-state index in [0.717, 1.165) is 94.6 Å². The van der Waals surface area contributed by atoms with Gasteiger partial charge in [-0.15, -0.1) is 0 Å². The second-order valence-electron chi connectivity index (χ2n) is 16.6. The Kier molecular flexibility index (Phi) is 7.84. The van der Waals surface area contributed by atoms with Crippen molar-refractivity contribution < 1.29 is 8.42 Å². The average molecular weight is 838 g/mol. The highest BCUT2D eigenvalue weighted by Crippen LogP contribution is 2.64. The molecule has 1 aromatic heterocycles. The molecule has 6 heteroatoms. The smallest absolute Gasteiger partial charge is 0.207 e. The quantitative estimate of drug-likeness (QED) is 0.177. The van der Waals surface area contributed by atoms with Crippen LogP contribution in [0.3, 0.4) is 0 Å². The normalized spacial score (nSPS) is 15.5. The first-order valence-electron chi connectivity index (χ1n) is 21.4. The molecule has 1 aliphatic heterocycles. The summed E-state index contributed by atoms with van der Waals surface area (Å²) in [6, 6.07) is 72.7. The molecule has 0 amide bonds. The molecule has 0 bridgehead atoms. The maximum Gasteiger partial charge on any atom is 0.207 e. The molecule has 1 spiro atoms. The minimum absolute atomic E-state index is 0.349. The van der Waals surface area contributed by atoms with Crippen LogP contribution in [0.25, 0.3) is 89.8 Å². The third kappa shape index (κ3) is 5.11. The Hall–Kier alpha value is -8.06. The van der Waals surface area contributed by atoms with Crippen molar-refractivity contribution in [2.24, 2.45) is 0 Å². The van der Waals surface area contributed by atoms with Crippen molar-refractivity contribution in [3.63, 3.8) is 0 Å². The van der Waals surface area contributed by atoms with E-state index in [1.165, 1.54) is 0 Å². The number of hydrogen-bond acceptors (Lipinski definition) is 5. The standard InChI is InChI=1S/C58H35N3O2S/c62-64(63)51-26-14-11-23-46(51)54-52(64)34-33-49-53(54)45-22-10-13-25-48(45)58(49)47-24-12-9-21-43(47)41-19-7-8-20-42(41)44-32-31-40(35-50(44)58)57-60-55(38-17-5-2-6-18-38)59-56(61-57)39-29-27-37(28-30-39)36-15-3-1-4-16-36/h1-35H. The number of rotatable bonds is 4. The first-order chi connectivity index (χ1) is 31.5. The van der Waals surface area contributed by atoms with Crippen molar-refractivity contribution in [3.8, 4) is 89.8 Å². The number of aromatic nitrogens is 3. The van der Waals surface area contributed by atoms with Gasteiger partial charge in [-0.2, -0.15) is 0 Å². The Bertz CT molecular complexity index is 3680. The lowest BCUT2D eigenvalue weighted by Crippen LogP contribution is -2.29. The lowest BCUT2D eigenvalue weighted by Gasteiger charge is -2.35. The number of benzene rings is 9. The van der Waals surface area contributed by atoms with E-state index < -0.39 is 15.3 Å². The van der Waals surface area contributed by atoms with Crippen LogP contribution in [0.4, 0.5) is 0 Å². The molecule has 3 aliphatic rings. The lowest BCUT2D eigenvalue weighted by molar-refractivity contribution is 0.598. The molecular formula is C58H35N3O2S. The zero-order valence-corrected chi connectivity index (χ0v) is 35.1. The minimum atomic E-state index is -3.74. The van der Waals surface area contributed by atoms with E-state index in [2.05, 4.69) is 133 Å². The van der Waals surface area contributed by atoms with Crippen LogP contribution in [0.2, 0.25) is 0 Å². The van der Waals surface area contributed by atoms with Gasteiger partial charge >= 0.3 is 0 Å². The van der Waals surface area contributed by atoms with E-state index in [1.54, 1.807) is 6.07 Å². The molecule has 10 aromatic rings. The molecule has 64 heavy (non-hydrogen) atoms. The van der Waals surface area contributed by atoms with Crippen LogP contribution in [0.15, 0.2) is 222 Å². The van der Waals surface area contributed by atoms with E-state index in [1.807, 2.05) is 72.8 Å². The topological polar surface area (TPSA) is 72.8 Å². The number of sulfone groups is 1. The largest absolute Gasteiger partial charge is 0.218 e. The first-order valence-corrected chi connectivity index (χ1v) is 22.9. The van der Waals surface area contributed by atoms with Gasteiger partial charge in [-0.3, -0.25) is 0 Å². The predicted octanol–water partition coefficient (Wildman–Crippen LogP) is 13.4. The molecule has 2 aliphatic carbocycles. The summed E-state index contributed by atoms with van der Waals surface area (Å²) in [4.78, 5) is 16.3. The van der Waals surface area contributed by atoms with E-state index in [9.17, 15) is 8.42 Å². The Morgan fingerprint density at radius 1 is 0.297 bits per heavy atom. The van der Waals surface area contributed by atoms with Crippen molar-refractivity contribution in [3.05, 3.63) is 235 Å². The average Bonchev–Trinajstić information content (AvgIpc) is 3.75. The zero-order valence-electron chi connectivity index (χ0n) is 34.3. The van der Waals surface area contributed by atoms with Crippen molar-refractivity contribution >= 4 is 9.84 Å². The summed E-state index contributed by atoms with van der Waals surface area (Å²) in [7, 11) is -3.74.